The van der Waals surface area contributed by atoms with Crippen molar-refractivity contribution in [2.24, 2.45) is 0 Å². The third-order valence-corrected chi connectivity index (χ3v) is 11.2. The maximum Gasteiger partial charge on any atom is 0.159 e. The number of hydrogen-bond acceptors (Lipinski definition) is 6. The molecule has 0 spiro atoms. The Bertz CT molecular complexity index is 3010. The van der Waals surface area contributed by atoms with E-state index in [0.717, 1.165) is 60.8 Å². The molecule has 5 heterocycles. The lowest BCUT2D eigenvalue weighted by atomic mass is 9.88. The Balaban J connectivity index is 1.05. The minimum atomic E-state index is -0.00158. The second-order valence-corrected chi connectivity index (χ2v) is 17.3. The van der Waals surface area contributed by atoms with Crippen molar-refractivity contribution in [1.82, 2.24) is 29.1 Å². The van der Waals surface area contributed by atoms with Gasteiger partial charge in [0.1, 0.15) is 34.6 Å². The van der Waals surface area contributed by atoms with E-state index < -0.39 is 0 Å². The lowest BCUT2D eigenvalue weighted by molar-refractivity contribution is 0.461. The molecule has 8 heteroatoms. The highest BCUT2D eigenvalue weighted by Crippen LogP contribution is 2.39. The number of aromatic nitrogens is 6. The van der Waals surface area contributed by atoms with Crippen LogP contribution in [-0.2, 0) is 10.8 Å². The molecule has 8 nitrogen and oxygen atoms in total. The third-order valence-electron chi connectivity index (χ3n) is 11.2. The van der Waals surface area contributed by atoms with Crippen LogP contribution in [0.4, 0.5) is 0 Å². The van der Waals surface area contributed by atoms with Crippen molar-refractivity contribution in [2.45, 2.75) is 52.4 Å². The van der Waals surface area contributed by atoms with Crippen LogP contribution in [0.1, 0.15) is 52.7 Å². The Morgan fingerprint density at radius 3 is 1.28 bits per heavy atom. The first-order chi connectivity index (χ1) is 29.0. The smallest absolute Gasteiger partial charge is 0.159 e. The molecule has 0 atom stereocenters. The Labute approximate surface area is 348 Å². The number of para-hydroxylation sites is 2. The van der Waals surface area contributed by atoms with Gasteiger partial charge in [0.25, 0.3) is 0 Å². The van der Waals surface area contributed by atoms with E-state index >= 15 is 0 Å². The number of rotatable bonds is 7. The summed E-state index contributed by atoms with van der Waals surface area (Å²) in [5, 5.41) is 4.52. The van der Waals surface area contributed by atoms with Crippen LogP contribution in [0, 0.1) is 0 Å². The Morgan fingerprint density at radius 2 is 0.850 bits per heavy atom. The summed E-state index contributed by atoms with van der Waals surface area (Å²) in [6, 6.07) is 45.4. The van der Waals surface area contributed by atoms with Gasteiger partial charge in [-0.2, -0.15) is 0 Å². The number of hydrogen-bond donors (Lipinski definition) is 0. The summed E-state index contributed by atoms with van der Waals surface area (Å²) in [5.74, 6) is 4.77. The summed E-state index contributed by atoms with van der Waals surface area (Å²) in [6.07, 6.45) is 7.43. The van der Waals surface area contributed by atoms with Crippen LogP contribution in [0.25, 0.3) is 66.6 Å². The molecule has 0 saturated heterocycles. The van der Waals surface area contributed by atoms with Crippen molar-refractivity contribution >= 4 is 43.6 Å². The number of fused-ring (bicyclic) bond motifs is 6. The van der Waals surface area contributed by atoms with Gasteiger partial charge in [-0.3, -0.25) is 9.13 Å². The van der Waals surface area contributed by atoms with E-state index in [2.05, 4.69) is 158 Å². The molecule has 10 aromatic rings. The van der Waals surface area contributed by atoms with E-state index in [1.807, 2.05) is 42.7 Å². The van der Waals surface area contributed by atoms with E-state index in [0.29, 0.717) is 28.8 Å². The molecule has 0 N–H and O–H groups in total. The van der Waals surface area contributed by atoms with E-state index in [-0.39, 0.29) is 10.8 Å². The molecule has 0 radical (unpaired) electrons. The van der Waals surface area contributed by atoms with Gasteiger partial charge < -0.3 is 9.47 Å². The highest BCUT2D eigenvalue weighted by Gasteiger charge is 2.20. The fraction of sp³-hybridized carbons (Fsp3) is 0.154. The van der Waals surface area contributed by atoms with Crippen LogP contribution in [0.15, 0.2) is 158 Å². The van der Waals surface area contributed by atoms with Gasteiger partial charge in [0.05, 0.1) is 22.1 Å². The molecule has 0 bridgehead atoms. The van der Waals surface area contributed by atoms with Crippen LogP contribution in [-0.4, -0.2) is 29.1 Å². The molecule has 0 amide bonds. The fourth-order valence-corrected chi connectivity index (χ4v) is 7.98. The van der Waals surface area contributed by atoms with Crippen molar-refractivity contribution < 1.29 is 9.47 Å². The molecule has 5 aromatic heterocycles. The Hall–Kier alpha value is -7.32. The minimum absolute atomic E-state index is 0.00158. The molecule has 0 aliphatic rings. The van der Waals surface area contributed by atoms with Crippen LogP contribution < -0.4 is 9.47 Å². The van der Waals surface area contributed by atoms with Gasteiger partial charge in [0.15, 0.2) is 5.82 Å². The van der Waals surface area contributed by atoms with Crippen molar-refractivity contribution in [1.29, 1.82) is 0 Å². The Kier molecular flexibility index (Phi) is 8.75. The molecular formula is C52H44N6O2. The van der Waals surface area contributed by atoms with E-state index in [4.69, 9.17) is 19.4 Å². The van der Waals surface area contributed by atoms with Crippen LogP contribution in [0.5, 0.6) is 23.0 Å². The van der Waals surface area contributed by atoms with Gasteiger partial charge >= 0.3 is 0 Å². The highest BCUT2D eigenvalue weighted by molar-refractivity contribution is 6.10. The Morgan fingerprint density at radius 1 is 0.400 bits per heavy atom. The normalized spacial score (nSPS) is 12.2. The molecule has 0 aliphatic carbocycles. The molecule has 0 fully saturated rings. The summed E-state index contributed by atoms with van der Waals surface area (Å²) in [6.45, 7) is 13.2. The highest BCUT2D eigenvalue weighted by atomic mass is 16.5. The maximum absolute atomic E-state index is 6.72. The van der Waals surface area contributed by atoms with Crippen LogP contribution in [0.3, 0.4) is 0 Å². The SMILES string of the molecule is CC(C)(C)c1ccc(-n2c3ccccc3c3ccc(Oc4cc(Oc5ccc6c7ccccc7n(-c7ccc(C(C)(C)C)cn7)c6c5)cc(-c5ncccn5)c4)cc32)nc1. The van der Waals surface area contributed by atoms with Crippen molar-refractivity contribution in [3.63, 3.8) is 0 Å². The summed E-state index contributed by atoms with van der Waals surface area (Å²) in [4.78, 5) is 19.0. The predicted molar refractivity (Wildman–Crippen MR) is 242 cm³/mol. The molecule has 0 saturated carbocycles. The quantitative estimate of drug-likeness (QED) is 0.160. The zero-order chi connectivity index (χ0) is 41.2. The summed E-state index contributed by atoms with van der Waals surface area (Å²) < 4.78 is 17.8. The summed E-state index contributed by atoms with van der Waals surface area (Å²) >= 11 is 0. The minimum Gasteiger partial charge on any atom is -0.457 e. The van der Waals surface area contributed by atoms with Gasteiger partial charge in [-0.25, -0.2) is 19.9 Å². The van der Waals surface area contributed by atoms with Gasteiger partial charge in [-0.05, 0) is 88.7 Å². The topological polar surface area (TPSA) is 79.9 Å². The zero-order valence-corrected chi connectivity index (χ0v) is 34.5. The lowest BCUT2D eigenvalue weighted by Crippen LogP contribution is -2.11. The molecule has 5 aromatic carbocycles. The predicted octanol–water partition coefficient (Wildman–Crippen LogP) is 13.3. The largest absolute Gasteiger partial charge is 0.457 e. The van der Waals surface area contributed by atoms with Crippen molar-refractivity contribution in [2.75, 3.05) is 0 Å². The summed E-state index contributed by atoms with van der Waals surface area (Å²) in [5.41, 5.74) is 7.27. The van der Waals surface area contributed by atoms with E-state index in [1.165, 1.54) is 11.1 Å². The zero-order valence-electron chi connectivity index (χ0n) is 34.5. The number of nitrogens with zero attached hydrogens (tertiary/aromatic N) is 6. The second-order valence-electron chi connectivity index (χ2n) is 17.3. The molecular weight excluding hydrogens is 741 g/mol. The standard InChI is InChI=1S/C52H44N6O2/c1-51(2,3)34-16-22-48(55-31-34)57-44-14-9-7-12-40(44)42-20-18-36(29-46(42)57)59-38-26-33(50-53-24-11-25-54-50)27-39(28-38)60-37-19-21-43-41-13-8-10-15-45(41)58(47(43)30-37)49-23-17-35(32-56-49)52(4,5)6/h7-32H,1-6H3. The fourth-order valence-electron chi connectivity index (χ4n) is 7.98. The maximum atomic E-state index is 6.72. The molecule has 0 unspecified atom stereocenters. The van der Waals surface area contributed by atoms with Crippen molar-refractivity contribution in [3.05, 3.63) is 169 Å². The number of pyridine rings is 2. The van der Waals surface area contributed by atoms with E-state index in [9.17, 15) is 0 Å². The van der Waals surface area contributed by atoms with Crippen molar-refractivity contribution in [3.8, 4) is 46.0 Å². The van der Waals surface area contributed by atoms with Gasteiger partial charge in [0.2, 0.25) is 0 Å². The molecule has 0 aliphatic heterocycles. The molecule has 294 valence electrons. The van der Waals surface area contributed by atoms with E-state index in [1.54, 1.807) is 18.5 Å². The first kappa shape index (κ1) is 37.0. The first-order valence-electron chi connectivity index (χ1n) is 20.3. The average Bonchev–Trinajstić information content (AvgIpc) is 3.75. The van der Waals surface area contributed by atoms with Gasteiger partial charge in [-0.15, -0.1) is 0 Å². The number of ether oxygens (including phenoxy) is 2. The average molecular weight is 785 g/mol. The molecule has 60 heavy (non-hydrogen) atoms. The van der Waals surface area contributed by atoms with Crippen LogP contribution >= 0.6 is 0 Å². The second kappa shape index (κ2) is 14.2. The lowest BCUT2D eigenvalue weighted by Gasteiger charge is -2.19. The number of benzene rings is 5. The van der Waals surface area contributed by atoms with Gasteiger partial charge in [-0.1, -0.05) is 90.1 Å². The first-order valence-corrected chi connectivity index (χ1v) is 20.3. The van der Waals surface area contributed by atoms with Gasteiger partial charge in [0, 0.05) is 70.1 Å². The monoisotopic (exact) mass is 784 g/mol. The third kappa shape index (κ3) is 6.70. The molecule has 10 rings (SSSR count). The summed E-state index contributed by atoms with van der Waals surface area (Å²) in [7, 11) is 0. The van der Waals surface area contributed by atoms with Crippen LogP contribution in [0.2, 0.25) is 0 Å².